The predicted molar refractivity (Wildman–Crippen MR) is 75.3 cm³/mol. The van der Waals surface area contributed by atoms with Gasteiger partial charge in [0.25, 0.3) is 0 Å². The van der Waals surface area contributed by atoms with E-state index in [0.717, 1.165) is 24.5 Å². The van der Waals surface area contributed by atoms with Gasteiger partial charge in [0, 0.05) is 18.3 Å². The lowest BCUT2D eigenvalue weighted by Crippen LogP contribution is -2.13. The molecule has 1 heterocycles. The number of rotatable bonds is 8. The van der Waals surface area contributed by atoms with Crippen LogP contribution >= 0.6 is 11.8 Å². The van der Waals surface area contributed by atoms with E-state index in [1.165, 1.54) is 18.6 Å². The van der Waals surface area contributed by atoms with E-state index in [1.807, 2.05) is 24.8 Å². The van der Waals surface area contributed by atoms with Crippen molar-refractivity contribution >= 4 is 23.5 Å². The monoisotopic (exact) mass is 255 g/mol. The summed E-state index contributed by atoms with van der Waals surface area (Å²) in [6, 6.07) is 1.92. The fourth-order valence-electron chi connectivity index (χ4n) is 1.49. The highest BCUT2D eigenvalue weighted by Gasteiger charge is 1.99. The van der Waals surface area contributed by atoms with Crippen molar-refractivity contribution in [3.05, 3.63) is 11.8 Å². The predicted octanol–water partition coefficient (Wildman–Crippen LogP) is 2.02. The molecule has 0 aliphatic heterocycles. The van der Waals surface area contributed by atoms with Crippen LogP contribution in [0, 0.1) is 6.92 Å². The van der Waals surface area contributed by atoms with Crippen molar-refractivity contribution in [2.75, 3.05) is 29.3 Å². The molecule has 96 valence electrons. The average Bonchev–Trinajstić information content (AvgIpc) is 2.33. The van der Waals surface area contributed by atoms with Gasteiger partial charge in [-0.25, -0.2) is 10.8 Å². The molecule has 0 aliphatic rings. The number of nitrogen functional groups attached to an aromatic ring is 1. The molecule has 1 rings (SSSR count). The summed E-state index contributed by atoms with van der Waals surface area (Å²) in [5.41, 5.74) is 3.36. The average molecular weight is 255 g/mol. The van der Waals surface area contributed by atoms with Crippen molar-refractivity contribution in [2.24, 2.45) is 5.84 Å². The molecule has 17 heavy (non-hydrogen) atoms. The zero-order valence-electron chi connectivity index (χ0n) is 10.5. The second-order valence-electron chi connectivity index (χ2n) is 3.84. The van der Waals surface area contributed by atoms with E-state index in [-0.39, 0.29) is 0 Å². The molecule has 0 spiro atoms. The summed E-state index contributed by atoms with van der Waals surface area (Å²) in [7, 11) is 0. The summed E-state index contributed by atoms with van der Waals surface area (Å²) in [6.45, 7) is 2.86. The summed E-state index contributed by atoms with van der Waals surface area (Å²) in [5.74, 6) is 7.82. The summed E-state index contributed by atoms with van der Waals surface area (Å²) >= 11 is 1.90. The van der Waals surface area contributed by atoms with Crippen molar-refractivity contribution in [3.8, 4) is 0 Å². The largest absolute Gasteiger partial charge is 0.370 e. The molecule has 1 aromatic rings. The fourth-order valence-corrected chi connectivity index (χ4v) is 1.98. The van der Waals surface area contributed by atoms with Crippen LogP contribution in [0.5, 0.6) is 0 Å². The Kier molecular flexibility index (Phi) is 6.73. The quantitative estimate of drug-likeness (QED) is 0.375. The molecule has 1 aromatic heterocycles. The molecule has 0 aliphatic carbocycles. The van der Waals surface area contributed by atoms with Gasteiger partial charge in [0.2, 0.25) is 5.95 Å². The van der Waals surface area contributed by atoms with Gasteiger partial charge < -0.3 is 5.32 Å². The number of thioether (sulfide) groups is 1. The Morgan fingerprint density at radius 1 is 1.29 bits per heavy atom. The van der Waals surface area contributed by atoms with Crippen LogP contribution in [0.2, 0.25) is 0 Å². The number of hydrogen-bond acceptors (Lipinski definition) is 6. The zero-order chi connectivity index (χ0) is 12.5. The third kappa shape index (κ3) is 5.74. The highest BCUT2D eigenvalue weighted by Crippen LogP contribution is 2.09. The SMILES string of the molecule is CSCCCCCNc1cc(C)nc(NN)n1. The first-order chi connectivity index (χ1) is 8.26. The minimum absolute atomic E-state index is 0.454. The molecule has 0 aromatic carbocycles. The highest BCUT2D eigenvalue weighted by atomic mass is 32.2. The van der Waals surface area contributed by atoms with Crippen molar-refractivity contribution in [1.29, 1.82) is 0 Å². The van der Waals surface area contributed by atoms with Crippen LogP contribution in [0.4, 0.5) is 11.8 Å². The van der Waals surface area contributed by atoms with Gasteiger partial charge >= 0.3 is 0 Å². The molecule has 0 fully saturated rings. The number of hydrazine groups is 1. The Bertz CT molecular complexity index is 332. The second kappa shape index (κ2) is 8.14. The van der Waals surface area contributed by atoms with Gasteiger partial charge in [-0.1, -0.05) is 6.42 Å². The van der Waals surface area contributed by atoms with Crippen molar-refractivity contribution in [2.45, 2.75) is 26.2 Å². The van der Waals surface area contributed by atoms with Crippen LogP contribution in [-0.2, 0) is 0 Å². The van der Waals surface area contributed by atoms with Crippen molar-refractivity contribution < 1.29 is 0 Å². The van der Waals surface area contributed by atoms with E-state index in [0.29, 0.717) is 5.95 Å². The number of aromatic nitrogens is 2. The lowest BCUT2D eigenvalue weighted by atomic mass is 10.2. The van der Waals surface area contributed by atoms with E-state index in [2.05, 4.69) is 27.0 Å². The minimum Gasteiger partial charge on any atom is -0.370 e. The maximum absolute atomic E-state index is 5.29. The Hall–Kier alpha value is -1.01. The molecule has 0 bridgehead atoms. The molecule has 0 radical (unpaired) electrons. The van der Waals surface area contributed by atoms with Gasteiger partial charge in [-0.2, -0.15) is 16.7 Å². The van der Waals surface area contributed by atoms with E-state index in [1.54, 1.807) is 0 Å². The third-order valence-electron chi connectivity index (χ3n) is 2.31. The Morgan fingerprint density at radius 2 is 2.12 bits per heavy atom. The number of nitrogens with zero attached hydrogens (tertiary/aromatic N) is 2. The summed E-state index contributed by atoms with van der Waals surface area (Å²) in [4.78, 5) is 8.35. The number of nitrogens with two attached hydrogens (primary N) is 1. The van der Waals surface area contributed by atoms with Gasteiger partial charge in [0.1, 0.15) is 5.82 Å². The third-order valence-corrected chi connectivity index (χ3v) is 3.01. The standard InChI is InChI=1S/C11H21N5S/c1-9-8-10(15-11(14-9)16-12)13-6-4-3-5-7-17-2/h8H,3-7,12H2,1-2H3,(H2,13,14,15,16). The molecule has 0 atom stereocenters. The molecule has 4 N–H and O–H groups in total. The lowest BCUT2D eigenvalue weighted by Gasteiger charge is -2.07. The van der Waals surface area contributed by atoms with Crippen LogP contribution in [0.25, 0.3) is 0 Å². The van der Waals surface area contributed by atoms with Crippen LogP contribution in [0.1, 0.15) is 25.0 Å². The Balaban J connectivity index is 2.28. The molecule has 5 nitrogen and oxygen atoms in total. The topological polar surface area (TPSA) is 75.9 Å². The molecular weight excluding hydrogens is 234 g/mol. The van der Waals surface area contributed by atoms with Crippen molar-refractivity contribution in [1.82, 2.24) is 9.97 Å². The van der Waals surface area contributed by atoms with Gasteiger partial charge in [0.05, 0.1) is 0 Å². The normalized spacial score (nSPS) is 10.3. The number of anilines is 2. The van der Waals surface area contributed by atoms with Crippen molar-refractivity contribution in [3.63, 3.8) is 0 Å². The minimum atomic E-state index is 0.454. The van der Waals surface area contributed by atoms with Crippen LogP contribution < -0.4 is 16.6 Å². The summed E-state index contributed by atoms with van der Waals surface area (Å²) in [6.07, 6.45) is 5.83. The maximum Gasteiger partial charge on any atom is 0.239 e. The lowest BCUT2D eigenvalue weighted by molar-refractivity contribution is 0.748. The molecule has 0 saturated carbocycles. The zero-order valence-corrected chi connectivity index (χ0v) is 11.3. The first kappa shape index (κ1) is 14.1. The maximum atomic E-state index is 5.29. The van der Waals surface area contributed by atoms with Crippen LogP contribution in [0.3, 0.4) is 0 Å². The number of nitrogens with one attached hydrogen (secondary N) is 2. The number of hydrogen-bond donors (Lipinski definition) is 3. The van der Waals surface area contributed by atoms with Gasteiger partial charge in [-0.3, -0.25) is 5.43 Å². The molecular formula is C11H21N5S. The molecule has 0 saturated heterocycles. The number of unbranched alkanes of at least 4 members (excludes halogenated alkanes) is 2. The van der Waals surface area contributed by atoms with Gasteiger partial charge in [-0.05, 0) is 31.8 Å². The smallest absolute Gasteiger partial charge is 0.239 e. The first-order valence-electron chi connectivity index (χ1n) is 5.81. The van der Waals surface area contributed by atoms with Gasteiger partial charge in [-0.15, -0.1) is 0 Å². The highest BCUT2D eigenvalue weighted by molar-refractivity contribution is 7.98. The van der Waals surface area contributed by atoms with Crippen LogP contribution in [0.15, 0.2) is 6.07 Å². The molecule has 6 heteroatoms. The first-order valence-corrected chi connectivity index (χ1v) is 7.20. The fraction of sp³-hybridized carbons (Fsp3) is 0.636. The summed E-state index contributed by atoms with van der Waals surface area (Å²) in [5, 5.41) is 3.28. The van der Waals surface area contributed by atoms with E-state index >= 15 is 0 Å². The van der Waals surface area contributed by atoms with Crippen LogP contribution in [-0.4, -0.2) is 28.5 Å². The van der Waals surface area contributed by atoms with Gasteiger partial charge in [0.15, 0.2) is 0 Å². The van der Waals surface area contributed by atoms with E-state index in [9.17, 15) is 0 Å². The Labute approximate surface area is 107 Å². The second-order valence-corrected chi connectivity index (χ2v) is 4.83. The molecule has 0 amide bonds. The van der Waals surface area contributed by atoms with E-state index in [4.69, 9.17) is 5.84 Å². The number of aryl methyl sites for hydroxylation is 1. The molecule has 0 unspecified atom stereocenters. The summed E-state index contributed by atoms with van der Waals surface area (Å²) < 4.78 is 0. The van der Waals surface area contributed by atoms with E-state index < -0.39 is 0 Å². The Morgan fingerprint density at radius 3 is 2.82 bits per heavy atom.